The number of phenols is 1. The van der Waals surface area contributed by atoms with Crippen molar-refractivity contribution in [3.63, 3.8) is 0 Å². The summed E-state index contributed by atoms with van der Waals surface area (Å²) in [5, 5.41) is 15.7. The molecule has 0 aliphatic heterocycles. The molecular formula is C28H39N3O5. The maximum absolute atomic E-state index is 13.8. The number of anilines is 1. The molecule has 0 aliphatic carbocycles. The van der Waals surface area contributed by atoms with Crippen molar-refractivity contribution in [1.82, 2.24) is 10.2 Å². The molecule has 0 bridgehead atoms. The fraction of sp³-hybridized carbons (Fsp3) is 0.464. The number of benzene rings is 2. The minimum absolute atomic E-state index is 0.0952. The molecule has 8 heteroatoms. The van der Waals surface area contributed by atoms with Gasteiger partial charge in [0, 0.05) is 12.2 Å². The van der Waals surface area contributed by atoms with Crippen LogP contribution in [0.3, 0.4) is 0 Å². The first-order chi connectivity index (χ1) is 16.7. The highest BCUT2D eigenvalue weighted by atomic mass is 16.6. The van der Waals surface area contributed by atoms with E-state index in [1.54, 1.807) is 52.8 Å². The fourth-order valence-electron chi connectivity index (χ4n) is 3.83. The summed E-state index contributed by atoms with van der Waals surface area (Å²) in [4.78, 5) is 41.5. The molecule has 3 N–H and O–H groups in total. The number of rotatable bonds is 8. The van der Waals surface area contributed by atoms with Gasteiger partial charge in [0.2, 0.25) is 5.91 Å². The molecule has 0 aliphatic rings. The van der Waals surface area contributed by atoms with E-state index in [4.69, 9.17) is 4.74 Å². The van der Waals surface area contributed by atoms with Crippen molar-refractivity contribution in [2.45, 2.75) is 73.1 Å². The van der Waals surface area contributed by atoms with E-state index in [1.807, 2.05) is 39.0 Å². The number of aromatic hydroxyl groups is 1. The third-order valence-corrected chi connectivity index (χ3v) is 5.73. The van der Waals surface area contributed by atoms with Crippen LogP contribution < -0.4 is 10.6 Å². The lowest BCUT2D eigenvalue weighted by Gasteiger charge is -2.35. The number of likely N-dealkylation sites (N-methyl/N-ethyl adjacent to an activating group) is 1. The molecule has 0 fully saturated rings. The zero-order valence-electron chi connectivity index (χ0n) is 22.5. The molecule has 0 radical (unpaired) electrons. The zero-order chi connectivity index (χ0) is 27.2. The van der Waals surface area contributed by atoms with Gasteiger partial charge in [-0.3, -0.25) is 9.59 Å². The minimum atomic E-state index is -0.997. The average molecular weight is 498 g/mol. The number of amides is 3. The van der Waals surface area contributed by atoms with Crippen LogP contribution in [0.1, 0.15) is 64.3 Å². The van der Waals surface area contributed by atoms with Gasteiger partial charge in [0.25, 0.3) is 5.91 Å². The van der Waals surface area contributed by atoms with Gasteiger partial charge >= 0.3 is 6.09 Å². The van der Waals surface area contributed by atoms with Gasteiger partial charge in [-0.1, -0.05) is 38.1 Å². The van der Waals surface area contributed by atoms with Crippen LogP contribution in [-0.2, 0) is 14.3 Å². The molecular weight excluding hydrogens is 458 g/mol. The first kappa shape index (κ1) is 28.7. The number of phenolic OH excluding ortho intramolecular Hbond substituents is 1. The Labute approximate surface area is 214 Å². The molecule has 2 rings (SSSR count). The summed E-state index contributed by atoms with van der Waals surface area (Å²) in [6.45, 7) is 14.5. The van der Waals surface area contributed by atoms with Crippen LogP contribution in [-0.4, -0.2) is 46.1 Å². The first-order valence-electron chi connectivity index (χ1n) is 12.2. The van der Waals surface area contributed by atoms with Crippen LogP contribution in [0, 0.1) is 19.8 Å². The number of para-hydroxylation sites is 1. The Bertz CT molecular complexity index is 1090. The van der Waals surface area contributed by atoms with E-state index in [2.05, 4.69) is 10.6 Å². The number of ether oxygens (including phenoxy) is 1. The number of hydrogen-bond donors (Lipinski definition) is 3. The second-order valence-electron chi connectivity index (χ2n) is 10.2. The van der Waals surface area contributed by atoms with Crippen molar-refractivity contribution in [3.05, 3.63) is 59.2 Å². The molecule has 2 atom stereocenters. The largest absolute Gasteiger partial charge is 0.508 e. The van der Waals surface area contributed by atoms with Crippen LogP contribution in [0.2, 0.25) is 0 Å². The van der Waals surface area contributed by atoms with Crippen molar-refractivity contribution < 1.29 is 24.2 Å². The van der Waals surface area contributed by atoms with Gasteiger partial charge < -0.3 is 25.4 Å². The average Bonchev–Trinajstić information content (AvgIpc) is 2.77. The number of alkyl carbamates (subject to hydrolysis) is 1. The highest BCUT2D eigenvalue weighted by molar-refractivity contribution is 5.99. The number of carbonyl (C=O) groups is 3. The fourth-order valence-corrected chi connectivity index (χ4v) is 3.83. The Balaban J connectivity index is 2.48. The normalized spacial score (nSPS) is 13.0. The molecule has 3 amide bonds. The SMILES string of the molecule is CCN(C(=O)C(NC(=O)OC(C)(C)C)C(C)C)C(C(=O)Nc1ccccc1C)c1ccc(O)c(C)c1. The van der Waals surface area contributed by atoms with E-state index < -0.39 is 35.6 Å². The molecule has 0 heterocycles. The summed E-state index contributed by atoms with van der Waals surface area (Å²) in [7, 11) is 0. The lowest BCUT2D eigenvalue weighted by Crippen LogP contribution is -2.54. The monoisotopic (exact) mass is 497 g/mol. The van der Waals surface area contributed by atoms with E-state index in [0.717, 1.165) is 5.56 Å². The van der Waals surface area contributed by atoms with E-state index in [1.165, 1.54) is 11.0 Å². The predicted octanol–water partition coefficient (Wildman–Crippen LogP) is 5.09. The first-order valence-corrected chi connectivity index (χ1v) is 12.2. The number of aryl methyl sites for hydroxylation is 2. The number of hydrogen-bond acceptors (Lipinski definition) is 5. The number of nitrogens with one attached hydrogen (secondary N) is 2. The smallest absolute Gasteiger partial charge is 0.408 e. The summed E-state index contributed by atoms with van der Waals surface area (Å²) in [5.41, 5.74) is 1.92. The Morgan fingerprint density at radius 1 is 1.03 bits per heavy atom. The lowest BCUT2D eigenvalue weighted by atomic mass is 9.97. The van der Waals surface area contributed by atoms with Gasteiger partial charge in [0.15, 0.2) is 0 Å². The van der Waals surface area contributed by atoms with Gasteiger partial charge in [0.1, 0.15) is 23.4 Å². The van der Waals surface area contributed by atoms with Crippen molar-refractivity contribution in [2.24, 2.45) is 5.92 Å². The maximum Gasteiger partial charge on any atom is 0.408 e. The van der Waals surface area contributed by atoms with Crippen molar-refractivity contribution in [2.75, 3.05) is 11.9 Å². The van der Waals surface area contributed by atoms with Crippen molar-refractivity contribution in [1.29, 1.82) is 0 Å². The van der Waals surface area contributed by atoms with Crippen molar-refractivity contribution in [3.8, 4) is 5.75 Å². The van der Waals surface area contributed by atoms with Gasteiger partial charge in [0.05, 0.1) is 0 Å². The van der Waals surface area contributed by atoms with E-state index in [0.29, 0.717) is 16.8 Å². The maximum atomic E-state index is 13.8. The van der Waals surface area contributed by atoms with Gasteiger partial charge in [-0.05, 0) is 82.3 Å². The van der Waals surface area contributed by atoms with E-state index >= 15 is 0 Å². The van der Waals surface area contributed by atoms with Gasteiger partial charge in [-0.25, -0.2) is 4.79 Å². The molecule has 196 valence electrons. The minimum Gasteiger partial charge on any atom is -0.508 e. The Morgan fingerprint density at radius 2 is 1.67 bits per heavy atom. The Morgan fingerprint density at radius 3 is 2.19 bits per heavy atom. The molecule has 0 spiro atoms. The molecule has 2 unspecified atom stereocenters. The summed E-state index contributed by atoms with van der Waals surface area (Å²) >= 11 is 0. The predicted molar refractivity (Wildman–Crippen MR) is 141 cm³/mol. The van der Waals surface area contributed by atoms with E-state index in [9.17, 15) is 19.5 Å². The number of nitrogens with zero attached hydrogens (tertiary/aromatic N) is 1. The van der Waals surface area contributed by atoms with Gasteiger partial charge in [-0.2, -0.15) is 0 Å². The second kappa shape index (κ2) is 11.9. The molecule has 0 saturated carbocycles. The Hall–Kier alpha value is -3.55. The molecule has 2 aromatic carbocycles. The van der Waals surface area contributed by atoms with Gasteiger partial charge in [-0.15, -0.1) is 0 Å². The summed E-state index contributed by atoms with van der Waals surface area (Å²) in [6.07, 6.45) is -0.702. The third-order valence-electron chi connectivity index (χ3n) is 5.73. The van der Waals surface area contributed by atoms with Crippen LogP contribution in [0.15, 0.2) is 42.5 Å². The summed E-state index contributed by atoms with van der Waals surface area (Å²) in [6, 6.07) is 10.3. The second-order valence-corrected chi connectivity index (χ2v) is 10.2. The summed E-state index contributed by atoms with van der Waals surface area (Å²) < 4.78 is 5.37. The highest BCUT2D eigenvalue weighted by Crippen LogP contribution is 2.29. The topological polar surface area (TPSA) is 108 Å². The van der Waals surface area contributed by atoms with Crippen LogP contribution in [0.4, 0.5) is 10.5 Å². The van der Waals surface area contributed by atoms with Crippen molar-refractivity contribution >= 4 is 23.6 Å². The molecule has 0 saturated heterocycles. The van der Waals surface area contributed by atoms with Crippen LogP contribution in [0.5, 0.6) is 5.75 Å². The Kier molecular flexibility index (Phi) is 9.50. The zero-order valence-corrected chi connectivity index (χ0v) is 22.5. The van der Waals surface area contributed by atoms with Crippen LogP contribution >= 0.6 is 0 Å². The van der Waals surface area contributed by atoms with Crippen LogP contribution in [0.25, 0.3) is 0 Å². The molecule has 8 nitrogen and oxygen atoms in total. The quantitative estimate of drug-likeness (QED) is 0.471. The van der Waals surface area contributed by atoms with E-state index in [-0.39, 0.29) is 18.2 Å². The molecule has 0 aromatic heterocycles. The number of carbonyl (C=O) groups excluding carboxylic acids is 3. The third kappa shape index (κ3) is 7.47. The standard InChI is InChI=1S/C28H39N3O5/c1-9-31(26(34)23(17(2)3)30-27(35)36-28(6,7)8)24(20-14-15-22(32)19(5)16-20)25(33)29-21-13-11-10-12-18(21)4/h10-17,23-24,32H,9H2,1-8H3,(H,29,33)(H,30,35). The summed E-state index contributed by atoms with van der Waals surface area (Å²) in [5.74, 6) is -0.975. The molecule has 2 aromatic rings. The lowest BCUT2D eigenvalue weighted by molar-refractivity contribution is -0.141. The molecule has 36 heavy (non-hydrogen) atoms. The highest BCUT2D eigenvalue weighted by Gasteiger charge is 2.37.